The minimum absolute atomic E-state index is 0.00926. The number of piperidine rings is 1. The van der Waals surface area contributed by atoms with E-state index in [0.29, 0.717) is 18.6 Å². The SMILES string of the molecule is CNC(=O)[C@H]1CO[C@H]2CCN(Cc3ccc4ccccc4n3)C[C@H]2C1.O=C(O)C(F)(F)F.O=C(O)C(F)(F)F. The molecule has 15 heteroatoms. The number of benzene rings is 1. The van der Waals surface area contributed by atoms with Crippen LogP contribution in [0.15, 0.2) is 36.4 Å². The van der Waals surface area contributed by atoms with Crippen molar-refractivity contribution in [3.8, 4) is 0 Å². The van der Waals surface area contributed by atoms with Crippen molar-refractivity contribution >= 4 is 28.7 Å². The molecule has 1 aromatic heterocycles. The zero-order chi connectivity index (χ0) is 29.4. The van der Waals surface area contributed by atoms with Crippen molar-refractivity contribution in [3.63, 3.8) is 0 Å². The lowest BCUT2D eigenvalue weighted by molar-refractivity contribution is -0.193. The monoisotopic (exact) mass is 567 g/mol. The van der Waals surface area contributed by atoms with Crippen molar-refractivity contribution in [2.45, 2.75) is 37.8 Å². The Bertz CT molecular complexity index is 1120. The molecule has 0 unspecified atom stereocenters. The van der Waals surface area contributed by atoms with Crippen molar-refractivity contribution in [2.24, 2.45) is 11.8 Å². The van der Waals surface area contributed by atoms with Crippen LogP contribution >= 0.6 is 0 Å². The lowest BCUT2D eigenvalue weighted by atomic mass is 9.83. The summed E-state index contributed by atoms with van der Waals surface area (Å²) in [7, 11) is 1.70. The summed E-state index contributed by atoms with van der Waals surface area (Å²) in [6.07, 6.45) is -7.90. The first-order valence-electron chi connectivity index (χ1n) is 11.6. The highest BCUT2D eigenvalue weighted by molar-refractivity contribution is 5.79. The van der Waals surface area contributed by atoms with E-state index in [2.05, 4.69) is 34.5 Å². The molecule has 2 fully saturated rings. The molecule has 2 aromatic rings. The minimum atomic E-state index is -5.08. The third-order valence-electron chi connectivity index (χ3n) is 5.99. The summed E-state index contributed by atoms with van der Waals surface area (Å²) in [6, 6.07) is 12.5. The molecule has 3 N–H and O–H groups in total. The zero-order valence-corrected chi connectivity index (χ0v) is 20.6. The number of nitrogens with zero attached hydrogens (tertiary/aromatic N) is 2. The number of carbonyl (C=O) groups is 3. The predicted molar refractivity (Wildman–Crippen MR) is 124 cm³/mol. The average Bonchev–Trinajstić information content (AvgIpc) is 2.87. The van der Waals surface area contributed by atoms with Gasteiger partial charge in [-0.15, -0.1) is 0 Å². The van der Waals surface area contributed by atoms with E-state index in [1.807, 2.05) is 12.1 Å². The molecule has 2 aliphatic rings. The number of nitrogens with one attached hydrogen (secondary N) is 1. The van der Waals surface area contributed by atoms with Crippen molar-refractivity contribution in [1.29, 1.82) is 0 Å². The van der Waals surface area contributed by atoms with Gasteiger partial charge in [-0.1, -0.05) is 24.3 Å². The van der Waals surface area contributed by atoms with E-state index in [9.17, 15) is 31.1 Å². The molecular formula is C24H27F6N3O6. The number of carboxylic acid groups (broad SMARTS) is 2. The molecule has 1 amide bonds. The molecular weight excluding hydrogens is 540 g/mol. The third-order valence-corrected chi connectivity index (χ3v) is 5.99. The maximum atomic E-state index is 11.9. The fraction of sp³-hybridized carbons (Fsp3) is 0.500. The van der Waals surface area contributed by atoms with E-state index in [1.165, 1.54) is 5.39 Å². The molecule has 216 valence electrons. The Hall–Kier alpha value is -3.46. The summed E-state index contributed by atoms with van der Waals surface area (Å²) >= 11 is 0. The molecule has 0 radical (unpaired) electrons. The smallest absolute Gasteiger partial charge is 0.475 e. The molecule has 0 saturated carbocycles. The maximum Gasteiger partial charge on any atom is 0.490 e. The Morgan fingerprint density at radius 1 is 1.03 bits per heavy atom. The van der Waals surface area contributed by atoms with Crippen LogP contribution in [0.2, 0.25) is 0 Å². The van der Waals surface area contributed by atoms with Gasteiger partial charge in [-0.3, -0.25) is 14.7 Å². The van der Waals surface area contributed by atoms with Gasteiger partial charge in [-0.05, 0) is 30.9 Å². The van der Waals surface area contributed by atoms with Crippen molar-refractivity contribution in [3.05, 3.63) is 42.1 Å². The largest absolute Gasteiger partial charge is 0.490 e. The van der Waals surface area contributed by atoms with Gasteiger partial charge in [-0.2, -0.15) is 26.3 Å². The van der Waals surface area contributed by atoms with Crippen molar-refractivity contribution in [1.82, 2.24) is 15.2 Å². The number of hydrogen-bond donors (Lipinski definition) is 3. The Balaban J connectivity index is 0.000000317. The number of hydrogen-bond acceptors (Lipinski definition) is 6. The second-order valence-electron chi connectivity index (χ2n) is 8.80. The molecule has 9 nitrogen and oxygen atoms in total. The lowest BCUT2D eigenvalue weighted by Gasteiger charge is -2.43. The molecule has 3 heterocycles. The minimum Gasteiger partial charge on any atom is -0.475 e. The number of para-hydroxylation sites is 1. The van der Waals surface area contributed by atoms with Gasteiger partial charge in [0.25, 0.3) is 0 Å². The number of pyridine rings is 1. The number of halogens is 6. The van der Waals surface area contributed by atoms with E-state index in [-0.39, 0.29) is 11.8 Å². The van der Waals surface area contributed by atoms with Crippen LogP contribution in [0.4, 0.5) is 26.3 Å². The van der Waals surface area contributed by atoms with Gasteiger partial charge in [0, 0.05) is 32.1 Å². The average molecular weight is 567 g/mol. The first kappa shape index (κ1) is 31.8. The highest BCUT2D eigenvalue weighted by Crippen LogP contribution is 2.32. The van der Waals surface area contributed by atoms with E-state index >= 15 is 0 Å². The van der Waals surface area contributed by atoms with E-state index < -0.39 is 24.3 Å². The van der Waals surface area contributed by atoms with Crippen LogP contribution in [-0.4, -0.2) is 83.1 Å². The van der Waals surface area contributed by atoms with Gasteiger partial charge in [0.2, 0.25) is 5.91 Å². The maximum absolute atomic E-state index is 11.9. The molecule has 0 bridgehead atoms. The van der Waals surface area contributed by atoms with Gasteiger partial charge in [0.1, 0.15) is 0 Å². The summed E-state index contributed by atoms with van der Waals surface area (Å²) in [5, 5.41) is 18.2. The molecule has 2 saturated heterocycles. The molecule has 2 aliphatic heterocycles. The number of amides is 1. The third kappa shape index (κ3) is 9.98. The predicted octanol–water partition coefficient (Wildman–Crippen LogP) is 3.47. The normalized spacial score (nSPS) is 21.4. The summed E-state index contributed by atoms with van der Waals surface area (Å²) in [4.78, 5) is 37.0. The van der Waals surface area contributed by atoms with E-state index in [0.717, 1.165) is 43.7 Å². The number of carboxylic acids is 2. The second-order valence-corrected chi connectivity index (χ2v) is 8.80. The second kappa shape index (κ2) is 13.6. The lowest BCUT2D eigenvalue weighted by Crippen LogP contribution is -2.50. The fourth-order valence-electron chi connectivity index (χ4n) is 4.16. The quantitative estimate of drug-likeness (QED) is 0.481. The van der Waals surface area contributed by atoms with Gasteiger partial charge in [0.05, 0.1) is 29.8 Å². The van der Waals surface area contributed by atoms with Crippen LogP contribution in [0.25, 0.3) is 10.9 Å². The Morgan fingerprint density at radius 2 is 1.62 bits per heavy atom. The van der Waals surface area contributed by atoms with E-state index in [4.69, 9.17) is 29.5 Å². The van der Waals surface area contributed by atoms with Gasteiger partial charge in [-0.25, -0.2) is 9.59 Å². The van der Waals surface area contributed by atoms with Crippen LogP contribution in [-0.2, 0) is 25.7 Å². The summed E-state index contributed by atoms with van der Waals surface area (Å²) < 4.78 is 69.4. The van der Waals surface area contributed by atoms with Crippen molar-refractivity contribution in [2.75, 3.05) is 26.7 Å². The number of ether oxygens (including phenoxy) is 1. The molecule has 3 atom stereocenters. The highest BCUT2D eigenvalue weighted by atomic mass is 19.4. The number of fused-ring (bicyclic) bond motifs is 2. The standard InChI is InChI=1S/C20H25N3O2.2C2HF3O2/c1-21-20(24)16-10-15-11-23(9-8-19(15)25-13-16)12-17-7-6-14-4-2-3-5-18(14)22-17;2*3-2(4,5)1(6)7/h2-7,15-16,19H,8-13H2,1H3,(H,21,24);2*(H,6,7)/t15-,16-,19+;;/m1../s1. The number of aliphatic carboxylic acids is 2. The summed E-state index contributed by atoms with van der Waals surface area (Å²) in [5.74, 6) is -4.98. The van der Waals surface area contributed by atoms with Crippen LogP contribution in [0, 0.1) is 11.8 Å². The number of carbonyl (C=O) groups excluding carboxylic acids is 1. The summed E-state index contributed by atoms with van der Waals surface area (Å²) in [6.45, 7) is 3.43. The topological polar surface area (TPSA) is 129 Å². The Morgan fingerprint density at radius 3 is 2.18 bits per heavy atom. The highest BCUT2D eigenvalue weighted by Gasteiger charge is 2.39. The summed E-state index contributed by atoms with van der Waals surface area (Å²) in [5.41, 5.74) is 2.16. The molecule has 39 heavy (non-hydrogen) atoms. The van der Waals surface area contributed by atoms with Gasteiger partial charge in [0.15, 0.2) is 0 Å². The first-order valence-corrected chi connectivity index (χ1v) is 11.6. The molecule has 0 aliphatic carbocycles. The van der Waals surface area contributed by atoms with Crippen LogP contribution in [0.1, 0.15) is 18.5 Å². The number of likely N-dealkylation sites (tertiary alicyclic amines) is 1. The molecule has 0 spiro atoms. The fourth-order valence-corrected chi connectivity index (χ4v) is 4.16. The Labute approximate surface area is 218 Å². The van der Waals surface area contributed by atoms with E-state index in [1.54, 1.807) is 7.05 Å². The number of rotatable bonds is 3. The van der Waals surface area contributed by atoms with Crippen molar-refractivity contribution < 1.29 is 55.7 Å². The van der Waals surface area contributed by atoms with Crippen LogP contribution < -0.4 is 5.32 Å². The van der Waals surface area contributed by atoms with Crippen LogP contribution in [0.5, 0.6) is 0 Å². The zero-order valence-electron chi connectivity index (χ0n) is 20.6. The van der Waals surface area contributed by atoms with Gasteiger partial charge >= 0.3 is 24.3 Å². The first-order chi connectivity index (χ1) is 18.1. The molecule has 4 rings (SSSR count). The van der Waals surface area contributed by atoms with Crippen LogP contribution in [0.3, 0.4) is 0 Å². The van der Waals surface area contributed by atoms with Gasteiger partial charge < -0.3 is 20.3 Å². The Kier molecular flexibility index (Phi) is 11.0. The number of alkyl halides is 6. The molecule has 1 aromatic carbocycles. The number of aromatic nitrogens is 1.